The highest BCUT2D eigenvalue weighted by Crippen LogP contribution is 2.33. The van der Waals surface area contributed by atoms with Crippen molar-refractivity contribution in [3.63, 3.8) is 0 Å². The molecule has 2 unspecified atom stereocenters. The third kappa shape index (κ3) is 7.27. The predicted octanol–water partition coefficient (Wildman–Crippen LogP) is 2.58. The molecule has 3 aliphatic rings. The second kappa shape index (κ2) is 11.7. The molecule has 0 radical (unpaired) electrons. The summed E-state index contributed by atoms with van der Waals surface area (Å²) in [6.45, 7) is 7.73. The first kappa shape index (κ1) is 26.5. The summed E-state index contributed by atoms with van der Waals surface area (Å²) in [5, 5.41) is 3.21. The molecule has 170 valence electrons. The van der Waals surface area contributed by atoms with E-state index < -0.39 is 0 Å². The van der Waals surface area contributed by atoms with E-state index in [4.69, 9.17) is 5.73 Å². The summed E-state index contributed by atoms with van der Waals surface area (Å²) in [5.41, 5.74) is 6.04. The summed E-state index contributed by atoms with van der Waals surface area (Å²) in [6.07, 6.45) is 8.71. The van der Waals surface area contributed by atoms with Crippen molar-refractivity contribution in [3.8, 4) is 0 Å². The molecule has 1 saturated heterocycles. The lowest BCUT2D eigenvalue weighted by molar-refractivity contribution is -0.140. The Morgan fingerprint density at radius 1 is 1.00 bits per heavy atom. The third-order valence-electron chi connectivity index (χ3n) is 6.98. The van der Waals surface area contributed by atoms with E-state index in [9.17, 15) is 9.59 Å². The van der Waals surface area contributed by atoms with Gasteiger partial charge in [-0.1, -0.05) is 19.8 Å². The molecule has 0 aromatic rings. The van der Waals surface area contributed by atoms with Gasteiger partial charge in [-0.2, -0.15) is 0 Å². The summed E-state index contributed by atoms with van der Waals surface area (Å²) < 4.78 is 0. The van der Waals surface area contributed by atoms with Gasteiger partial charge >= 0.3 is 0 Å². The SMILES string of the molecule is CC1CCC(NC(=O)CN2CCN(C(=O)C3CCCCC3(C)N)CC2)CC1.Cl.Cl. The standard InChI is InChI=1S/C21H38N4O2.2ClH/c1-16-6-8-17(9-7-16)23-19(26)15-24-11-13-25(14-12-24)20(27)18-5-3-4-10-21(18,2)22;;/h16-18H,3-15,22H2,1-2H3,(H,23,26);2*1H. The maximum Gasteiger partial charge on any atom is 0.234 e. The maximum absolute atomic E-state index is 12.9. The van der Waals surface area contributed by atoms with Crippen molar-refractivity contribution in [1.82, 2.24) is 15.1 Å². The van der Waals surface area contributed by atoms with Gasteiger partial charge in [0, 0.05) is 37.8 Å². The molecule has 29 heavy (non-hydrogen) atoms. The molecule has 2 saturated carbocycles. The molecule has 2 amide bonds. The average molecular weight is 451 g/mol. The van der Waals surface area contributed by atoms with Crippen LogP contribution in [-0.4, -0.2) is 65.9 Å². The maximum atomic E-state index is 12.9. The van der Waals surface area contributed by atoms with Gasteiger partial charge < -0.3 is 16.0 Å². The van der Waals surface area contributed by atoms with Gasteiger partial charge in [-0.3, -0.25) is 14.5 Å². The minimum atomic E-state index is -0.371. The minimum absolute atomic E-state index is 0. The second-order valence-electron chi connectivity index (χ2n) is 9.43. The van der Waals surface area contributed by atoms with Crippen LogP contribution in [0.5, 0.6) is 0 Å². The van der Waals surface area contributed by atoms with Crippen LogP contribution < -0.4 is 11.1 Å². The lowest BCUT2D eigenvalue weighted by Gasteiger charge is -2.42. The van der Waals surface area contributed by atoms with Crippen LogP contribution in [0.2, 0.25) is 0 Å². The number of halogens is 2. The molecule has 0 bridgehead atoms. The zero-order chi connectivity index (χ0) is 19.4. The van der Waals surface area contributed by atoms with E-state index in [-0.39, 0.29) is 48.1 Å². The number of carbonyl (C=O) groups is 2. The van der Waals surface area contributed by atoms with Crippen molar-refractivity contribution in [3.05, 3.63) is 0 Å². The van der Waals surface area contributed by atoms with Gasteiger partial charge in [0.25, 0.3) is 0 Å². The van der Waals surface area contributed by atoms with Crippen LogP contribution in [0, 0.1) is 11.8 Å². The minimum Gasteiger partial charge on any atom is -0.352 e. The van der Waals surface area contributed by atoms with Gasteiger partial charge in [0.1, 0.15) is 0 Å². The fourth-order valence-electron chi connectivity index (χ4n) is 4.99. The Labute approximate surface area is 188 Å². The van der Waals surface area contributed by atoms with Crippen LogP contribution >= 0.6 is 24.8 Å². The zero-order valence-electron chi connectivity index (χ0n) is 18.0. The number of hydrogen-bond acceptors (Lipinski definition) is 4. The van der Waals surface area contributed by atoms with E-state index in [2.05, 4.69) is 17.1 Å². The normalized spacial score (nSPS) is 33.2. The number of amides is 2. The highest BCUT2D eigenvalue weighted by atomic mass is 35.5. The van der Waals surface area contributed by atoms with E-state index in [1.807, 2.05) is 11.8 Å². The second-order valence-corrected chi connectivity index (χ2v) is 9.43. The summed E-state index contributed by atoms with van der Waals surface area (Å²) >= 11 is 0. The third-order valence-corrected chi connectivity index (χ3v) is 6.98. The van der Waals surface area contributed by atoms with Gasteiger partial charge in [-0.25, -0.2) is 0 Å². The Hall–Kier alpha value is -0.560. The van der Waals surface area contributed by atoms with E-state index in [0.29, 0.717) is 25.7 Å². The van der Waals surface area contributed by atoms with Crippen molar-refractivity contribution in [2.45, 2.75) is 76.8 Å². The Kier molecular flexibility index (Phi) is 10.7. The topological polar surface area (TPSA) is 78.7 Å². The smallest absolute Gasteiger partial charge is 0.234 e. The average Bonchev–Trinajstić information content (AvgIpc) is 2.63. The highest BCUT2D eigenvalue weighted by molar-refractivity contribution is 5.85. The molecule has 6 nitrogen and oxygen atoms in total. The number of nitrogens with one attached hydrogen (secondary N) is 1. The van der Waals surface area contributed by atoms with Crippen LogP contribution in [0.15, 0.2) is 0 Å². The molecule has 3 rings (SSSR count). The number of carbonyl (C=O) groups excluding carboxylic acids is 2. The summed E-state index contributed by atoms with van der Waals surface area (Å²) in [4.78, 5) is 29.4. The number of nitrogens with two attached hydrogens (primary N) is 1. The first-order valence-corrected chi connectivity index (χ1v) is 10.9. The number of hydrogen-bond donors (Lipinski definition) is 2. The fourth-order valence-corrected chi connectivity index (χ4v) is 4.99. The molecular weight excluding hydrogens is 411 g/mol. The van der Waals surface area contributed by atoms with Crippen molar-refractivity contribution in [2.24, 2.45) is 17.6 Å². The summed E-state index contributed by atoms with van der Waals surface area (Å²) in [7, 11) is 0. The quantitative estimate of drug-likeness (QED) is 0.689. The molecular formula is C21H40Cl2N4O2. The van der Waals surface area contributed by atoms with Gasteiger partial charge in [0.2, 0.25) is 11.8 Å². The lowest BCUT2D eigenvalue weighted by Crippen LogP contribution is -2.58. The molecule has 0 spiro atoms. The van der Waals surface area contributed by atoms with Crippen LogP contribution in [0.1, 0.15) is 65.2 Å². The molecule has 3 N–H and O–H groups in total. The molecule has 1 aliphatic heterocycles. The van der Waals surface area contributed by atoms with E-state index >= 15 is 0 Å². The highest BCUT2D eigenvalue weighted by Gasteiger charge is 2.40. The number of rotatable bonds is 4. The number of piperazine rings is 1. The molecule has 3 fully saturated rings. The zero-order valence-corrected chi connectivity index (χ0v) is 19.7. The van der Waals surface area contributed by atoms with Gasteiger partial charge in [-0.15, -0.1) is 24.8 Å². The molecule has 1 heterocycles. The van der Waals surface area contributed by atoms with Crippen molar-refractivity contribution >= 4 is 36.6 Å². The monoisotopic (exact) mass is 450 g/mol. The van der Waals surface area contributed by atoms with Crippen LogP contribution in [0.3, 0.4) is 0 Å². The van der Waals surface area contributed by atoms with Gasteiger partial charge in [0.15, 0.2) is 0 Å². The van der Waals surface area contributed by atoms with Crippen LogP contribution in [0.25, 0.3) is 0 Å². The fraction of sp³-hybridized carbons (Fsp3) is 0.905. The Balaban J connectivity index is 0.00000210. The Morgan fingerprint density at radius 2 is 1.62 bits per heavy atom. The first-order chi connectivity index (χ1) is 12.8. The molecule has 2 aliphatic carbocycles. The van der Waals surface area contributed by atoms with Crippen molar-refractivity contribution in [1.29, 1.82) is 0 Å². The van der Waals surface area contributed by atoms with E-state index in [1.165, 1.54) is 12.8 Å². The summed E-state index contributed by atoms with van der Waals surface area (Å²) in [5.74, 6) is 1.11. The predicted molar refractivity (Wildman–Crippen MR) is 122 cm³/mol. The molecule has 8 heteroatoms. The van der Waals surface area contributed by atoms with Crippen LogP contribution in [0.4, 0.5) is 0 Å². The van der Waals surface area contributed by atoms with Crippen molar-refractivity contribution in [2.75, 3.05) is 32.7 Å². The summed E-state index contributed by atoms with van der Waals surface area (Å²) in [6, 6.07) is 0.352. The van der Waals surface area contributed by atoms with Crippen molar-refractivity contribution < 1.29 is 9.59 Å². The number of nitrogens with zero attached hydrogens (tertiary/aromatic N) is 2. The van der Waals surface area contributed by atoms with Gasteiger partial charge in [0.05, 0.1) is 12.5 Å². The lowest BCUT2D eigenvalue weighted by atomic mass is 9.74. The largest absolute Gasteiger partial charge is 0.352 e. The van der Waals surface area contributed by atoms with E-state index in [1.54, 1.807) is 0 Å². The van der Waals surface area contributed by atoms with E-state index in [0.717, 1.165) is 57.5 Å². The molecule has 2 atom stereocenters. The molecule has 0 aromatic carbocycles. The molecule has 0 aromatic heterocycles. The Morgan fingerprint density at radius 3 is 2.21 bits per heavy atom. The van der Waals surface area contributed by atoms with Crippen LogP contribution in [-0.2, 0) is 9.59 Å². The first-order valence-electron chi connectivity index (χ1n) is 10.9. The van der Waals surface area contributed by atoms with Gasteiger partial charge in [-0.05, 0) is 51.4 Å². The Bertz CT molecular complexity index is 531.